The number of hydrogen-bond donors (Lipinski definition) is 2. The van der Waals surface area contributed by atoms with Crippen molar-refractivity contribution in [1.82, 2.24) is 5.32 Å². The van der Waals surface area contributed by atoms with E-state index in [0.29, 0.717) is 0 Å². The van der Waals surface area contributed by atoms with E-state index in [-0.39, 0.29) is 24.3 Å². The van der Waals surface area contributed by atoms with E-state index < -0.39 is 0 Å². The lowest BCUT2D eigenvalue weighted by Gasteiger charge is -2.17. The van der Waals surface area contributed by atoms with Gasteiger partial charge >= 0.3 is 0 Å². The smallest absolute Gasteiger partial charge is 0.243 e. The fraction of sp³-hybridized carbons (Fsp3) is 0.333. The van der Waals surface area contributed by atoms with Crippen LogP contribution in [0, 0.1) is 13.8 Å². The highest BCUT2D eigenvalue weighted by Crippen LogP contribution is 2.21. The Morgan fingerprint density at radius 3 is 2.20 bits per heavy atom. The van der Waals surface area contributed by atoms with E-state index in [1.165, 1.54) is 0 Å². The number of anilines is 1. The molecule has 1 atom stereocenters. The van der Waals surface area contributed by atoms with Crippen LogP contribution in [0.5, 0.6) is 0 Å². The summed E-state index contributed by atoms with van der Waals surface area (Å²) in [5.41, 5.74) is 3.81. The third-order valence-electron chi connectivity index (χ3n) is 4.26. The van der Waals surface area contributed by atoms with E-state index >= 15 is 0 Å². The monoisotopic (exact) mass is 338 g/mol. The third kappa shape index (κ3) is 5.18. The molecule has 25 heavy (non-hydrogen) atoms. The number of carbonyl (C=O) groups excluding carboxylic acids is 2. The van der Waals surface area contributed by atoms with Crippen molar-refractivity contribution >= 4 is 17.5 Å². The standard InChI is InChI=1S/C21H26N2O2/c1-4-9-18(17-12-6-5-7-13-17)21(25)22-14-19(24)23-20-15(2)10-8-11-16(20)3/h5-8,10-13,18H,4,9,14H2,1-3H3,(H,22,25)(H,23,24)/t18-/m0/s1. The molecule has 0 saturated heterocycles. The van der Waals surface area contributed by atoms with Crippen LogP contribution >= 0.6 is 0 Å². The first kappa shape index (κ1) is 18.7. The summed E-state index contributed by atoms with van der Waals surface area (Å²) < 4.78 is 0. The molecule has 0 saturated carbocycles. The van der Waals surface area contributed by atoms with Gasteiger partial charge in [-0.15, -0.1) is 0 Å². The number of amides is 2. The topological polar surface area (TPSA) is 58.2 Å². The van der Waals surface area contributed by atoms with E-state index in [4.69, 9.17) is 0 Å². The molecular formula is C21H26N2O2. The van der Waals surface area contributed by atoms with E-state index in [2.05, 4.69) is 17.6 Å². The van der Waals surface area contributed by atoms with Crippen LogP contribution in [-0.4, -0.2) is 18.4 Å². The molecule has 0 aromatic heterocycles. The summed E-state index contributed by atoms with van der Waals surface area (Å²) in [4.78, 5) is 24.7. The Labute approximate surface area is 149 Å². The van der Waals surface area contributed by atoms with E-state index in [9.17, 15) is 9.59 Å². The minimum atomic E-state index is -0.223. The first-order valence-electron chi connectivity index (χ1n) is 8.71. The molecule has 0 heterocycles. The van der Waals surface area contributed by atoms with Gasteiger partial charge in [0.15, 0.2) is 0 Å². The molecule has 4 heteroatoms. The lowest BCUT2D eigenvalue weighted by molar-refractivity contribution is -0.125. The number of benzene rings is 2. The van der Waals surface area contributed by atoms with Gasteiger partial charge in [0.1, 0.15) is 0 Å². The normalized spacial score (nSPS) is 11.6. The van der Waals surface area contributed by atoms with Gasteiger partial charge in [-0.05, 0) is 37.0 Å². The molecule has 132 valence electrons. The van der Waals surface area contributed by atoms with Gasteiger partial charge in [-0.2, -0.15) is 0 Å². The highest BCUT2D eigenvalue weighted by atomic mass is 16.2. The largest absolute Gasteiger partial charge is 0.346 e. The van der Waals surface area contributed by atoms with Crippen LogP contribution in [0.3, 0.4) is 0 Å². The van der Waals surface area contributed by atoms with Crippen molar-refractivity contribution in [1.29, 1.82) is 0 Å². The van der Waals surface area contributed by atoms with Crippen LogP contribution < -0.4 is 10.6 Å². The Hall–Kier alpha value is -2.62. The van der Waals surface area contributed by atoms with Crippen LogP contribution in [0.1, 0.15) is 42.4 Å². The van der Waals surface area contributed by atoms with Gasteiger partial charge < -0.3 is 10.6 Å². The highest BCUT2D eigenvalue weighted by molar-refractivity contribution is 5.96. The molecule has 0 radical (unpaired) electrons. The zero-order valence-electron chi connectivity index (χ0n) is 15.1. The molecular weight excluding hydrogens is 312 g/mol. The number of carbonyl (C=O) groups is 2. The molecule has 2 aromatic carbocycles. The van der Waals surface area contributed by atoms with Gasteiger partial charge in [-0.25, -0.2) is 0 Å². The fourth-order valence-electron chi connectivity index (χ4n) is 2.91. The number of nitrogens with one attached hydrogen (secondary N) is 2. The molecule has 0 spiro atoms. The van der Waals surface area contributed by atoms with E-state index in [0.717, 1.165) is 35.2 Å². The van der Waals surface area contributed by atoms with Crippen molar-refractivity contribution < 1.29 is 9.59 Å². The predicted molar refractivity (Wildman–Crippen MR) is 102 cm³/mol. The van der Waals surface area contributed by atoms with Crippen molar-refractivity contribution in [3.63, 3.8) is 0 Å². The lowest BCUT2D eigenvalue weighted by atomic mass is 9.93. The van der Waals surface area contributed by atoms with Gasteiger partial charge in [0, 0.05) is 5.69 Å². The molecule has 2 aromatic rings. The second-order valence-corrected chi connectivity index (χ2v) is 6.28. The Bertz CT molecular complexity index is 706. The highest BCUT2D eigenvalue weighted by Gasteiger charge is 2.20. The van der Waals surface area contributed by atoms with E-state index in [1.807, 2.05) is 62.4 Å². The van der Waals surface area contributed by atoms with Crippen molar-refractivity contribution in [3.05, 3.63) is 65.2 Å². The van der Waals surface area contributed by atoms with Crippen molar-refractivity contribution in [3.8, 4) is 0 Å². The van der Waals surface area contributed by atoms with Gasteiger partial charge in [0.25, 0.3) is 0 Å². The zero-order valence-corrected chi connectivity index (χ0v) is 15.1. The summed E-state index contributed by atoms with van der Waals surface area (Å²) in [5.74, 6) is -0.544. The van der Waals surface area contributed by atoms with Crippen molar-refractivity contribution in [2.75, 3.05) is 11.9 Å². The molecule has 0 unspecified atom stereocenters. The number of aryl methyl sites for hydroxylation is 2. The average Bonchev–Trinajstić information content (AvgIpc) is 2.61. The Morgan fingerprint density at radius 2 is 1.60 bits per heavy atom. The number of rotatable bonds is 7. The third-order valence-corrected chi connectivity index (χ3v) is 4.26. The Kier molecular flexibility index (Phi) is 6.75. The minimum Gasteiger partial charge on any atom is -0.346 e. The van der Waals surface area contributed by atoms with Gasteiger partial charge in [0.2, 0.25) is 11.8 Å². The summed E-state index contributed by atoms with van der Waals surface area (Å²) in [5, 5.41) is 5.66. The van der Waals surface area contributed by atoms with Crippen LogP contribution in [0.25, 0.3) is 0 Å². The van der Waals surface area contributed by atoms with Crippen LogP contribution in [0.15, 0.2) is 48.5 Å². The van der Waals surface area contributed by atoms with Gasteiger partial charge in [-0.1, -0.05) is 61.9 Å². The molecule has 2 N–H and O–H groups in total. The molecule has 2 rings (SSSR count). The summed E-state index contributed by atoms with van der Waals surface area (Å²) in [6, 6.07) is 15.6. The molecule has 0 aliphatic carbocycles. The second-order valence-electron chi connectivity index (χ2n) is 6.28. The SMILES string of the molecule is CCC[C@H](C(=O)NCC(=O)Nc1c(C)cccc1C)c1ccccc1. The van der Waals surface area contributed by atoms with Gasteiger partial charge in [-0.3, -0.25) is 9.59 Å². The minimum absolute atomic E-state index is 0.0281. The van der Waals surface area contributed by atoms with Crippen LogP contribution in [-0.2, 0) is 9.59 Å². The quantitative estimate of drug-likeness (QED) is 0.803. The second kappa shape index (κ2) is 9.02. The maximum absolute atomic E-state index is 12.5. The van der Waals surface area contributed by atoms with Gasteiger partial charge in [0.05, 0.1) is 12.5 Å². The maximum Gasteiger partial charge on any atom is 0.243 e. The first-order valence-corrected chi connectivity index (χ1v) is 8.71. The Morgan fingerprint density at radius 1 is 0.960 bits per heavy atom. The molecule has 0 fully saturated rings. The summed E-state index contributed by atoms with van der Waals surface area (Å²) >= 11 is 0. The number of hydrogen-bond acceptors (Lipinski definition) is 2. The fourth-order valence-corrected chi connectivity index (χ4v) is 2.91. The molecule has 2 amide bonds. The summed E-state index contributed by atoms with van der Waals surface area (Å²) in [6.45, 7) is 5.93. The molecule has 0 aliphatic rings. The average molecular weight is 338 g/mol. The Balaban J connectivity index is 1.97. The molecule has 0 aliphatic heterocycles. The van der Waals surface area contributed by atoms with Crippen molar-refractivity contribution in [2.24, 2.45) is 0 Å². The number of para-hydroxylation sites is 1. The first-order chi connectivity index (χ1) is 12.0. The lowest BCUT2D eigenvalue weighted by Crippen LogP contribution is -2.36. The maximum atomic E-state index is 12.5. The van der Waals surface area contributed by atoms with Crippen LogP contribution in [0.2, 0.25) is 0 Å². The summed E-state index contributed by atoms with van der Waals surface area (Å²) in [7, 11) is 0. The van der Waals surface area contributed by atoms with Crippen molar-refractivity contribution in [2.45, 2.75) is 39.5 Å². The molecule has 4 nitrogen and oxygen atoms in total. The molecule has 0 bridgehead atoms. The summed E-state index contributed by atoms with van der Waals surface area (Å²) in [6.07, 6.45) is 1.66. The zero-order chi connectivity index (χ0) is 18.2. The van der Waals surface area contributed by atoms with Crippen LogP contribution in [0.4, 0.5) is 5.69 Å². The predicted octanol–water partition coefficient (Wildman–Crippen LogP) is 3.94. The van der Waals surface area contributed by atoms with E-state index in [1.54, 1.807) is 0 Å².